The van der Waals surface area contributed by atoms with Crippen LogP contribution in [0.25, 0.3) is 11.1 Å². The van der Waals surface area contributed by atoms with Crippen molar-refractivity contribution in [2.75, 3.05) is 7.11 Å². The Hall–Kier alpha value is -2.62. The van der Waals surface area contributed by atoms with E-state index in [-0.39, 0.29) is 5.56 Å². The summed E-state index contributed by atoms with van der Waals surface area (Å²) in [4.78, 5) is 26.5. The van der Waals surface area contributed by atoms with Crippen LogP contribution in [0.4, 0.5) is 0 Å². The molecule has 1 aromatic carbocycles. The maximum absolute atomic E-state index is 12.0. The number of hydrogen-bond donors (Lipinski definition) is 1. The lowest BCUT2D eigenvalue weighted by atomic mass is 9.95. The van der Waals surface area contributed by atoms with E-state index in [1.807, 2.05) is 30.3 Å². The highest BCUT2D eigenvalue weighted by molar-refractivity contribution is 5.97. The molecule has 0 aliphatic carbocycles. The van der Waals surface area contributed by atoms with Crippen molar-refractivity contribution in [1.29, 1.82) is 0 Å². The molecule has 0 bridgehead atoms. The summed E-state index contributed by atoms with van der Waals surface area (Å²) in [5.74, 6) is -0.481. The van der Waals surface area contributed by atoms with Crippen molar-refractivity contribution in [3.63, 3.8) is 0 Å². The van der Waals surface area contributed by atoms with Crippen molar-refractivity contribution in [3.05, 3.63) is 70.7 Å². The number of aromatic nitrogens is 1. The van der Waals surface area contributed by atoms with E-state index in [2.05, 4.69) is 11.6 Å². The topological polar surface area (TPSA) is 59.2 Å². The van der Waals surface area contributed by atoms with E-state index in [4.69, 9.17) is 4.74 Å². The molecule has 0 aliphatic rings. The summed E-state index contributed by atoms with van der Waals surface area (Å²) in [6, 6.07) is 9.30. The third-order valence-electron chi connectivity index (χ3n) is 3.01. The Balaban J connectivity index is 2.78. The highest BCUT2D eigenvalue weighted by atomic mass is 16.5. The number of nitrogens with one attached hydrogen (secondary N) is 1. The van der Waals surface area contributed by atoms with E-state index in [9.17, 15) is 9.59 Å². The third-order valence-corrected chi connectivity index (χ3v) is 3.01. The zero-order valence-corrected chi connectivity index (χ0v) is 11.2. The fraction of sp³-hybridized carbons (Fsp3) is 0.125. The second-order valence-corrected chi connectivity index (χ2v) is 4.24. The fourth-order valence-electron chi connectivity index (χ4n) is 2.12. The van der Waals surface area contributed by atoms with Crippen molar-refractivity contribution in [2.45, 2.75) is 6.42 Å². The van der Waals surface area contributed by atoms with E-state index < -0.39 is 5.97 Å². The summed E-state index contributed by atoms with van der Waals surface area (Å²) in [6.07, 6.45) is 3.41. The maximum atomic E-state index is 12.0. The highest BCUT2D eigenvalue weighted by Crippen LogP contribution is 2.26. The zero-order chi connectivity index (χ0) is 14.5. The normalized spacial score (nSPS) is 10.1. The molecular formula is C16H15NO3. The molecule has 102 valence electrons. The Morgan fingerprint density at radius 1 is 1.35 bits per heavy atom. The molecule has 2 aromatic rings. The van der Waals surface area contributed by atoms with Crippen molar-refractivity contribution in [1.82, 2.24) is 4.98 Å². The summed E-state index contributed by atoms with van der Waals surface area (Å²) in [6.45, 7) is 3.66. The van der Waals surface area contributed by atoms with Gasteiger partial charge in [-0.3, -0.25) is 4.79 Å². The number of H-pyrrole nitrogens is 1. The van der Waals surface area contributed by atoms with Crippen LogP contribution in [0.2, 0.25) is 0 Å². The molecule has 0 saturated heterocycles. The third kappa shape index (κ3) is 2.54. The minimum Gasteiger partial charge on any atom is -0.465 e. The Kier molecular flexibility index (Phi) is 4.15. The molecule has 0 radical (unpaired) electrons. The molecule has 0 fully saturated rings. The van der Waals surface area contributed by atoms with Crippen LogP contribution < -0.4 is 5.56 Å². The summed E-state index contributed by atoms with van der Waals surface area (Å²) >= 11 is 0. The van der Waals surface area contributed by atoms with Gasteiger partial charge < -0.3 is 9.72 Å². The molecule has 1 N–H and O–H groups in total. The molecular weight excluding hydrogens is 254 g/mol. The van der Waals surface area contributed by atoms with Crippen molar-refractivity contribution >= 4 is 5.97 Å². The van der Waals surface area contributed by atoms with Crippen LogP contribution in [-0.2, 0) is 11.2 Å². The van der Waals surface area contributed by atoms with Gasteiger partial charge in [0.2, 0.25) is 0 Å². The minimum absolute atomic E-state index is 0.226. The first-order valence-electron chi connectivity index (χ1n) is 6.18. The van der Waals surface area contributed by atoms with E-state index >= 15 is 0 Å². The number of allylic oxidation sites excluding steroid dienone is 1. The molecule has 1 heterocycles. The van der Waals surface area contributed by atoms with Gasteiger partial charge in [0.1, 0.15) is 0 Å². The fourth-order valence-corrected chi connectivity index (χ4v) is 2.12. The molecule has 0 unspecified atom stereocenters. The molecule has 0 amide bonds. The van der Waals surface area contributed by atoms with Crippen LogP contribution in [-0.4, -0.2) is 18.1 Å². The Labute approximate surface area is 116 Å². The number of pyridine rings is 1. The summed E-state index contributed by atoms with van der Waals surface area (Å²) in [5, 5.41) is 0. The Bertz CT molecular complexity index is 687. The molecule has 0 atom stereocenters. The maximum Gasteiger partial charge on any atom is 0.339 e. The van der Waals surface area contributed by atoms with Crippen LogP contribution in [0, 0.1) is 0 Å². The first-order valence-corrected chi connectivity index (χ1v) is 6.18. The van der Waals surface area contributed by atoms with Gasteiger partial charge in [0.25, 0.3) is 5.56 Å². The molecule has 2 rings (SSSR count). The number of hydrogen-bond acceptors (Lipinski definition) is 3. The van der Waals surface area contributed by atoms with Gasteiger partial charge in [-0.15, -0.1) is 6.58 Å². The predicted octanol–water partition coefficient (Wildman–Crippen LogP) is 2.56. The smallest absolute Gasteiger partial charge is 0.339 e. The monoisotopic (exact) mass is 269 g/mol. The van der Waals surface area contributed by atoms with Gasteiger partial charge in [-0.1, -0.05) is 36.4 Å². The van der Waals surface area contributed by atoms with Crippen LogP contribution >= 0.6 is 0 Å². The van der Waals surface area contributed by atoms with Crippen LogP contribution in [0.5, 0.6) is 0 Å². The summed E-state index contributed by atoms with van der Waals surface area (Å²) < 4.78 is 4.78. The second kappa shape index (κ2) is 6.02. The Morgan fingerprint density at radius 2 is 2.05 bits per heavy atom. The lowest BCUT2D eigenvalue weighted by Crippen LogP contribution is -2.17. The number of aromatic amines is 1. The summed E-state index contributed by atoms with van der Waals surface area (Å²) in [7, 11) is 1.31. The minimum atomic E-state index is -0.481. The first kappa shape index (κ1) is 13.8. The van der Waals surface area contributed by atoms with Crippen LogP contribution in [0.1, 0.15) is 15.9 Å². The van der Waals surface area contributed by atoms with E-state index in [1.165, 1.54) is 13.3 Å². The van der Waals surface area contributed by atoms with Gasteiger partial charge in [0.15, 0.2) is 0 Å². The summed E-state index contributed by atoms with van der Waals surface area (Å²) in [5.41, 5.74) is 2.03. The predicted molar refractivity (Wildman–Crippen MR) is 77.7 cm³/mol. The van der Waals surface area contributed by atoms with Gasteiger partial charge in [0, 0.05) is 17.3 Å². The number of ether oxygens (including phenoxy) is 1. The number of rotatable bonds is 4. The largest absolute Gasteiger partial charge is 0.465 e. The number of carbonyl (C=O) groups excluding carboxylic acids is 1. The van der Waals surface area contributed by atoms with Crippen molar-refractivity contribution in [3.8, 4) is 11.1 Å². The van der Waals surface area contributed by atoms with Gasteiger partial charge in [-0.05, 0) is 12.0 Å². The molecule has 4 heteroatoms. The van der Waals surface area contributed by atoms with Gasteiger partial charge in [-0.25, -0.2) is 4.79 Å². The number of esters is 1. The average Bonchev–Trinajstić information content (AvgIpc) is 2.49. The van der Waals surface area contributed by atoms with Crippen LogP contribution in [0.15, 0.2) is 54.0 Å². The van der Waals surface area contributed by atoms with Crippen molar-refractivity contribution in [2.24, 2.45) is 0 Å². The number of carbonyl (C=O) groups is 1. The lowest BCUT2D eigenvalue weighted by Gasteiger charge is -2.12. The first-order chi connectivity index (χ1) is 9.69. The zero-order valence-electron chi connectivity index (χ0n) is 11.2. The number of methoxy groups -OCH3 is 1. The van der Waals surface area contributed by atoms with E-state index in [0.717, 1.165) is 5.56 Å². The highest BCUT2D eigenvalue weighted by Gasteiger charge is 2.19. The Morgan fingerprint density at radius 3 is 2.65 bits per heavy atom. The second-order valence-electron chi connectivity index (χ2n) is 4.24. The molecule has 20 heavy (non-hydrogen) atoms. The SMILES string of the molecule is C=CCc1c(-c2ccccc2)c(C(=O)OC)c[nH]c1=O. The molecule has 0 spiro atoms. The quantitative estimate of drug-likeness (QED) is 0.685. The van der Waals surface area contributed by atoms with Crippen LogP contribution in [0.3, 0.4) is 0 Å². The van der Waals surface area contributed by atoms with Gasteiger partial charge >= 0.3 is 5.97 Å². The van der Waals surface area contributed by atoms with E-state index in [1.54, 1.807) is 6.08 Å². The standard InChI is InChI=1S/C16H15NO3/c1-3-7-12-14(11-8-5-4-6-9-11)13(16(19)20-2)10-17-15(12)18/h3-6,8-10H,1,7H2,2H3,(H,17,18). The van der Waals surface area contributed by atoms with Gasteiger partial charge in [0.05, 0.1) is 12.7 Å². The molecule has 0 aliphatic heterocycles. The lowest BCUT2D eigenvalue weighted by molar-refractivity contribution is 0.0601. The molecule has 0 saturated carbocycles. The molecule has 4 nitrogen and oxygen atoms in total. The average molecular weight is 269 g/mol. The van der Waals surface area contributed by atoms with Crippen molar-refractivity contribution < 1.29 is 9.53 Å². The van der Waals surface area contributed by atoms with Gasteiger partial charge in [-0.2, -0.15) is 0 Å². The van der Waals surface area contributed by atoms with E-state index in [0.29, 0.717) is 23.1 Å². The molecule has 1 aromatic heterocycles. The number of benzene rings is 1.